The molecule has 1 unspecified atom stereocenters. The molecule has 9 nitrogen and oxygen atoms in total. The summed E-state index contributed by atoms with van der Waals surface area (Å²) in [7, 11) is 1.62. The van der Waals surface area contributed by atoms with E-state index in [4.69, 9.17) is 9.15 Å². The van der Waals surface area contributed by atoms with Gasteiger partial charge in [0.15, 0.2) is 5.16 Å². The van der Waals surface area contributed by atoms with Crippen molar-refractivity contribution in [1.82, 2.24) is 24.6 Å². The molecule has 3 heterocycles. The summed E-state index contributed by atoms with van der Waals surface area (Å²) in [6, 6.07) is 13.4. The van der Waals surface area contributed by atoms with Gasteiger partial charge in [-0.1, -0.05) is 37.7 Å². The molecule has 4 rings (SSSR count). The normalized spacial score (nSPS) is 15.2. The second kappa shape index (κ2) is 11.4. The van der Waals surface area contributed by atoms with E-state index in [1.807, 2.05) is 45.9 Å². The molecule has 35 heavy (non-hydrogen) atoms. The quantitative estimate of drug-likeness (QED) is 0.416. The van der Waals surface area contributed by atoms with Crippen molar-refractivity contribution < 1.29 is 13.9 Å². The van der Waals surface area contributed by atoms with Crippen LogP contribution in [0, 0.1) is 11.3 Å². The number of amides is 1. The second-order valence-electron chi connectivity index (χ2n) is 8.67. The third-order valence-corrected chi connectivity index (χ3v) is 7.02. The number of piperazine rings is 1. The van der Waals surface area contributed by atoms with E-state index in [-0.39, 0.29) is 23.6 Å². The standard InChI is InChI=1S/C25H30N6O3S/c1-18(2)24-27-28-25(31(24)16-21-5-4-14-34-21)35-17-23(32)30-12-10-29(11-13-30)22(15-26)19-6-8-20(33-3)9-7-19/h4-9,14,18,22H,10-13,16-17H2,1-3H3. The van der Waals surface area contributed by atoms with Gasteiger partial charge in [0.1, 0.15) is 23.4 Å². The fourth-order valence-electron chi connectivity index (χ4n) is 4.14. The van der Waals surface area contributed by atoms with Crippen LogP contribution in [0.25, 0.3) is 0 Å². The summed E-state index contributed by atoms with van der Waals surface area (Å²) in [5.41, 5.74) is 0.931. The molecule has 0 bridgehead atoms. The van der Waals surface area contributed by atoms with Gasteiger partial charge in [0.2, 0.25) is 5.91 Å². The van der Waals surface area contributed by atoms with Crippen molar-refractivity contribution in [3.63, 3.8) is 0 Å². The number of benzene rings is 1. The molecule has 1 amide bonds. The van der Waals surface area contributed by atoms with Crippen LogP contribution < -0.4 is 4.74 Å². The average molecular weight is 495 g/mol. The topological polar surface area (TPSA) is 100 Å². The van der Waals surface area contributed by atoms with Gasteiger partial charge in [0, 0.05) is 32.1 Å². The Bertz CT molecular complexity index is 1150. The first-order valence-corrected chi connectivity index (χ1v) is 12.6. The van der Waals surface area contributed by atoms with Crippen LogP contribution in [-0.2, 0) is 11.3 Å². The van der Waals surface area contributed by atoms with E-state index in [1.165, 1.54) is 11.8 Å². The first kappa shape index (κ1) is 24.8. The highest BCUT2D eigenvalue weighted by molar-refractivity contribution is 7.99. The molecule has 0 saturated carbocycles. The number of rotatable bonds is 9. The number of nitriles is 1. The average Bonchev–Trinajstić information content (AvgIpc) is 3.54. The Morgan fingerprint density at radius 2 is 1.91 bits per heavy atom. The fraction of sp³-hybridized carbons (Fsp3) is 0.440. The molecule has 0 N–H and O–H groups in total. The minimum Gasteiger partial charge on any atom is -0.497 e. The number of furan rings is 1. The molecule has 1 saturated heterocycles. The molecule has 2 aromatic heterocycles. The predicted octanol–water partition coefficient (Wildman–Crippen LogP) is 3.55. The first-order chi connectivity index (χ1) is 17.0. The van der Waals surface area contributed by atoms with E-state index in [2.05, 4.69) is 35.0 Å². The Morgan fingerprint density at radius 1 is 1.17 bits per heavy atom. The Hall–Kier alpha value is -3.29. The minimum atomic E-state index is -0.345. The lowest BCUT2D eigenvalue weighted by Gasteiger charge is -2.37. The molecule has 1 fully saturated rings. The molecular weight excluding hydrogens is 464 g/mol. The van der Waals surface area contributed by atoms with Crippen molar-refractivity contribution in [2.24, 2.45) is 0 Å². The third-order valence-electron chi connectivity index (χ3n) is 6.07. The maximum atomic E-state index is 13.0. The molecule has 10 heteroatoms. The number of methoxy groups -OCH3 is 1. The molecule has 0 radical (unpaired) electrons. The molecular formula is C25H30N6O3S. The van der Waals surface area contributed by atoms with Crippen molar-refractivity contribution in [3.05, 3.63) is 59.8 Å². The van der Waals surface area contributed by atoms with Crippen LogP contribution in [0.4, 0.5) is 0 Å². The van der Waals surface area contributed by atoms with Gasteiger partial charge in [-0.15, -0.1) is 10.2 Å². The number of hydrogen-bond acceptors (Lipinski definition) is 8. The van der Waals surface area contributed by atoms with E-state index in [9.17, 15) is 10.1 Å². The smallest absolute Gasteiger partial charge is 0.233 e. The lowest BCUT2D eigenvalue weighted by atomic mass is 10.1. The lowest BCUT2D eigenvalue weighted by Crippen LogP contribution is -2.50. The van der Waals surface area contributed by atoms with Crippen molar-refractivity contribution in [2.75, 3.05) is 39.0 Å². The van der Waals surface area contributed by atoms with Gasteiger partial charge in [-0.3, -0.25) is 14.3 Å². The second-order valence-corrected chi connectivity index (χ2v) is 9.61. The van der Waals surface area contributed by atoms with Crippen LogP contribution in [0.15, 0.2) is 52.2 Å². The zero-order chi connectivity index (χ0) is 24.8. The number of carbonyl (C=O) groups excluding carboxylic acids is 1. The number of aromatic nitrogens is 3. The van der Waals surface area contributed by atoms with Crippen molar-refractivity contribution in [2.45, 2.75) is 37.5 Å². The Balaban J connectivity index is 1.33. The van der Waals surface area contributed by atoms with Gasteiger partial charge < -0.3 is 14.1 Å². The number of hydrogen-bond donors (Lipinski definition) is 0. The summed E-state index contributed by atoms with van der Waals surface area (Å²) in [6.45, 7) is 7.14. The van der Waals surface area contributed by atoms with E-state index in [1.54, 1.807) is 13.4 Å². The van der Waals surface area contributed by atoms with Gasteiger partial charge in [0.05, 0.1) is 31.7 Å². The zero-order valence-corrected chi connectivity index (χ0v) is 21.1. The number of carbonyl (C=O) groups is 1. The maximum absolute atomic E-state index is 13.0. The highest BCUT2D eigenvalue weighted by Gasteiger charge is 2.27. The minimum absolute atomic E-state index is 0.0613. The van der Waals surface area contributed by atoms with E-state index < -0.39 is 0 Å². The van der Waals surface area contributed by atoms with Gasteiger partial charge in [-0.2, -0.15) is 5.26 Å². The van der Waals surface area contributed by atoms with Crippen LogP contribution in [0.2, 0.25) is 0 Å². The van der Waals surface area contributed by atoms with Crippen LogP contribution in [0.3, 0.4) is 0 Å². The van der Waals surface area contributed by atoms with Gasteiger partial charge in [-0.05, 0) is 29.8 Å². The molecule has 0 aliphatic carbocycles. The maximum Gasteiger partial charge on any atom is 0.233 e. The molecule has 184 valence electrons. The molecule has 0 spiro atoms. The van der Waals surface area contributed by atoms with E-state index in [0.29, 0.717) is 37.9 Å². The van der Waals surface area contributed by atoms with Crippen molar-refractivity contribution in [3.8, 4) is 11.8 Å². The summed E-state index contributed by atoms with van der Waals surface area (Å²) in [5.74, 6) is 3.00. The van der Waals surface area contributed by atoms with E-state index in [0.717, 1.165) is 22.9 Å². The Labute approximate surface area is 209 Å². The first-order valence-electron chi connectivity index (χ1n) is 11.6. The number of ether oxygens (including phenoxy) is 1. The van der Waals surface area contributed by atoms with Crippen LogP contribution in [0.5, 0.6) is 5.75 Å². The monoisotopic (exact) mass is 494 g/mol. The van der Waals surface area contributed by atoms with Crippen LogP contribution >= 0.6 is 11.8 Å². The van der Waals surface area contributed by atoms with Gasteiger partial charge in [0.25, 0.3) is 0 Å². The van der Waals surface area contributed by atoms with Crippen molar-refractivity contribution in [1.29, 1.82) is 5.26 Å². The summed E-state index contributed by atoms with van der Waals surface area (Å²) >= 11 is 1.40. The molecule has 1 aliphatic heterocycles. The zero-order valence-electron chi connectivity index (χ0n) is 20.3. The molecule has 1 atom stereocenters. The number of nitrogens with zero attached hydrogens (tertiary/aromatic N) is 6. The Kier molecular flexibility index (Phi) is 8.10. The highest BCUT2D eigenvalue weighted by Crippen LogP contribution is 2.26. The summed E-state index contributed by atoms with van der Waals surface area (Å²) < 4.78 is 12.7. The van der Waals surface area contributed by atoms with Crippen LogP contribution in [0.1, 0.15) is 43.0 Å². The van der Waals surface area contributed by atoms with Crippen LogP contribution in [-0.4, -0.2) is 69.5 Å². The fourth-order valence-corrected chi connectivity index (χ4v) is 4.99. The molecule has 1 aromatic carbocycles. The Morgan fingerprint density at radius 3 is 2.51 bits per heavy atom. The highest BCUT2D eigenvalue weighted by atomic mass is 32.2. The van der Waals surface area contributed by atoms with E-state index >= 15 is 0 Å². The summed E-state index contributed by atoms with van der Waals surface area (Å²) in [4.78, 5) is 16.9. The van der Waals surface area contributed by atoms with Crippen molar-refractivity contribution >= 4 is 17.7 Å². The number of thioether (sulfide) groups is 1. The third kappa shape index (κ3) is 5.86. The SMILES string of the molecule is COc1ccc(C(C#N)N2CCN(C(=O)CSc3nnc(C(C)C)n3Cc3ccco3)CC2)cc1. The summed E-state index contributed by atoms with van der Waals surface area (Å²) in [6.07, 6.45) is 1.65. The molecule has 1 aliphatic rings. The van der Waals surface area contributed by atoms with Gasteiger partial charge in [-0.25, -0.2) is 0 Å². The summed E-state index contributed by atoms with van der Waals surface area (Å²) in [5, 5.41) is 19.2. The van der Waals surface area contributed by atoms with Gasteiger partial charge >= 0.3 is 0 Å². The predicted molar refractivity (Wildman–Crippen MR) is 132 cm³/mol. The largest absolute Gasteiger partial charge is 0.497 e. The lowest BCUT2D eigenvalue weighted by molar-refractivity contribution is -0.130. The molecule has 3 aromatic rings.